The number of rotatable bonds is 3. The first-order valence-electron chi connectivity index (χ1n) is 3.90. The zero-order valence-electron chi connectivity index (χ0n) is 6.42. The summed E-state index contributed by atoms with van der Waals surface area (Å²) in [4.78, 5) is 12.1. The molecule has 12 heavy (non-hydrogen) atoms. The predicted molar refractivity (Wildman–Crippen MR) is 48.8 cm³/mol. The third-order valence-electron chi connectivity index (χ3n) is 1.95. The van der Waals surface area contributed by atoms with Crippen LogP contribution in [0.1, 0.15) is 28.9 Å². The Morgan fingerprint density at radius 1 is 1.75 bits per heavy atom. The second kappa shape index (κ2) is 3.15. The highest BCUT2D eigenvalue weighted by Gasteiger charge is 2.26. The van der Waals surface area contributed by atoms with Crippen LogP contribution in [-0.2, 0) is 0 Å². The van der Waals surface area contributed by atoms with Crippen molar-refractivity contribution < 1.29 is 4.79 Å². The van der Waals surface area contributed by atoms with E-state index in [1.807, 2.05) is 0 Å². The van der Waals surface area contributed by atoms with E-state index in [0.717, 1.165) is 0 Å². The molecule has 1 aliphatic carbocycles. The van der Waals surface area contributed by atoms with Crippen LogP contribution in [-0.4, -0.2) is 10.2 Å². The molecule has 1 aromatic heterocycles. The van der Waals surface area contributed by atoms with Gasteiger partial charge in [-0.2, -0.15) is 4.37 Å². The molecular formula is C8H8ClNOS. The third-order valence-corrected chi connectivity index (χ3v) is 3.19. The third kappa shape index (κ3) is 1.67. The molecule has 0 saturated heterocycles. The number of nitrogens with zero attached hydrogens (tertiary/aromatic N) is 1. The minimum absolute atomic E-state index is 0.157. The molecule has 1 aromatic rings. The van der Waals surface area contributed by atoms with E-state index in [0.29, 0.717) is 22.2 Å². The minimum Gasteiger partial charge on any atom is -0.293 e. The lowest BCUT2D eigenvalue weighted by Crippen LogP contribution is -1.97. The van der Waals surface area contributed by atoms with Gasteiger partial charge in [0, 0.05) is 6.42 Å². The molecule has 1 saturated carbocycles. The van der Waals surface area contributed by atoms with Gasteiger partial charge in [0.1, 0.15) is 4.88 Å². The lowest BCUT2D eigenvalue weighted by atomic mass is 10.2. The maximum absolute atomic E-state index is 11.5. The fourth-order valence-electron chi connectivity index (χ4n) is 1.09. The van der Waals surface area contributed by atoms with Crippen LogP contribution in [0.5, 0.6) is 0 Å². The summed E-state index contributed by atoms with van der Waals surface area (Å²) < 4.78 is 3.86. The molecule has 0 unspecified atom stereocenters. The summed E-state index contributed by atoms with van der Waals surface area (Å²) >= 11 is 6.96. The molecule has 0 N–H and O–H groups in total. The first-order chi connectivity index (χ1) is 5.77. The van der Waals surface area contributed by atoms with E-state index in [1.165, 1.54) is 30.6 Å². The van der Waals surface area contributed by atoms with Crippen molar-refractivity contribution in [1.82, 2.24) is 4.37 Å². The normalized spacial score (nSPS) is 16.4. The highest BCUT2D eigenvalue weighted by atomic mass is 35.5. The fraction of sp³-hybridized carbons (Fsp3) is 0.500. The summed E-state index contributed by atoms with van der Waals surface area (Å²) in [7, 11) is 0. The number of aromatic nitrogens is 1. The van der Waals surface area contributed by atoms with Gasteiger partial charge in [-0.1, -0.05) is 11.6 Å². The van der Waals surface area contributed by atoms with Crippen molar-refractivity contribution in [2.75, 3.05) is 0 Å². The van der Waals surface area contributed by atoms with Crippen LogP contribution < -0.4 is 0 Å². The summed E-state index contributed by atoms with van der Waals surface area (Å²) in [5, 5.41) is 0.505. The van der Waals surface area contributed by atoms with Gasteiger partial charge in [0.15, 0.2) is 5.78 Å². The minimum atomic E-state index is 0.157. The Balaban J connectivity index is 2.07. The van der Waals surface area contributed by atoms with E-state index in [2.05, 4.69) is 4.37 Å². The molecule has 1 aliphatic rings. The SMILES string of the molecule is O=C(CC1CC1)c1sncc1Cl. The van der Waals surface area contributed by atoms with Crippen LogP contribution in [0.25, 0.3) is 0 Å². The van der Waals surface area contributed by atoms with Crippen LogP contribution >= 0.6 is 23.1 Å². The van der Waals surface area contributed by atoms with E-state index in [-0.39, 0.29) is 5.78 Å². The summed E-state index contributed by atoms with van der Waals surface area (Å²) in [5.74, 6) is 0.778. The van der Waals surface area contributed by atoms with Crippen molar-refractivity contribution in [3.8, 4) is 0 Å². The van der Waals surface area contributed by atoms with Crippen LogP contribution in [0.2, 0.25) is 5.02 Å². The second-order valence-corrected chi connectivity index (χ2v) is 4.28. The lowest BCUT2D eigenvalue weighted by Gasteiger charge is -1.93. The zero-order valence-corrected chi connectivity index (χ0v) is 7.99. The molecule has 1 heterocycles. The fourth-order valence-corrected chi connectivity index (χ4v) is 1.99. The van der Waals surface area contributed by atoms with Gasteiger partial charge in [0.25, 0.3) is 0 Å². The maximum atomic E-state index is 11.5. The molecular weight excluding hydrogens is 194 g/mol. The molecule has 0 atom stereocenters. The largest absolute Gasteiger partial charge is 0.293 e. The number of halogens is 1. The average Bonchev–Trinajstić information content (AvgIpc) is 2.72. The van der Waals surface area contributed by atoms with Gasteiger partial charge in [-0.15, -0.1) is 0 Å². The highest BCUT2D eigenvalue weighted by molar-refractivity contribution is 7.08. The number of carbonyl (C=O) groups excluding carboxylic acids is 1. The van der Waals surface area contributed by atoms with Gasteiger partial charge in [0.2, 0.25) is 0 Å². The molecule has 0 spiro atoms. The second-order valence-electron chi connectivity index (χ2n) is 3.07. The number of Topliss-reactive ketones (excluding diaryl/α,β-unsaturated/α-hetero) is 1. The highest BCUT2D eigenvalue weighted by Crippen LogP contribution is 2.34. The van der Waals surface area contributed by atoms with Crippen LogP contribution in [0.15, 0.2) is 6.20 Å². The first kappa shape index (κ1) is 8.20. The van der Waals surface area contributed by atoms with E-state index >= 15 is 0 Å². The van der Waals surface area contributed by atoms with Gasteiger partial charge in [-0.25, -0.2) is 0 Å². The zero-order chi connectivity index (χ0) is 8.55. The van der Waals surface area contributed by atoms with Crippen molar-refractivity contribution in [2.45, 2.75) is 19.3 Å². The molecule has 2 nitrogen and oxygen atoms in total. The van der Waals surface area contributed by atoms with Crippen molar-refractivity contribution in [3.63, 3.8) is 0 Å². The number of carbonyl (C=O) groups is 1. The van der Waals surface area contributed by atoms with Crippen LogP contribution in [0, 0.1) is 5.92 Å². The summed E-state index contributed by atoms with van der Waals surface area (Å²) in [6, 6.07) is 0. The Morgan fingerprint density at radius 2 is 2.50 bits per heavy atom. The molecule has 0 aliphatic heterocycles. The van der Waals surface area contributed by atoms with Gasteiger partial charge in [0.05, 0.1) is 11.2 Å². The summed E-state index contributed by atoms with van der Waals surface area (Å²) in [6.07, 6.45) is 4.58. The van der Waals surface area contributed by atoms with E-state index in [1.54, 1.807) is 0 Å². The van der Waals surface area contributed by atoms with E-state index in [9.17, 15) is 4.79 Å². The molecule has 0 amide bonds. The molecule has 4 heteroatoms. The van der Waals surface area contributed by atoms with Crippen LogP contribution in [0.3, 0.4) is 0 Å². The number of hydrogen-bond donors (Lipinski definition) is 0. The smallest absolute Gasteiger partial charge is 0.176 e. The Bertz CT molecular complexity index is 306. The average molecular weight is 202 g/mol. The van der Waals surface area contributed by atoms with Gasteiger partial charge < -0.3 is 0 Å². The molecule has 0 bridgehead atoms. The Hall–Kier alpha value is -0.410. The van der Waals surface area contributed by atoms with Crippen molar-refractivity contribution in [1.29, 1.82) is 0 Å². The monoisotopic (exact) mass is 201 g/mol. The summed E-state index contributed by atoms with van der Waals surface area (Å²) in [5.41, 5.74) is 0. The van der Waals surface area contributed by atoms with Crippen molar-refractivity contribution in [3.05, 3.63) is 16.1 Å². The molecule has 1 fully saturated rings. The predicted octanol–water partition coefficient (Wildman–Crippen LogP) is 2.78. The summed E-state index contributed by atoms with van der Waals surface area (Å²) in [6.45, 7) is 0. The quantitative estimate of drug-likeness (QED) is 0.704. The van der Waals surface area contributed by atoms with E-state index in [4.69, 9.17) is 11.6 Å². The van der Waals surface area contributed by atoms with E-state index < -0.39 is 0 Å². The maximum Gasteiger partial charge on any atom is 0.176 e. The number of ketones is 1. The molecule has 0 aromatic carbocycles. The van der Waals surface area contributed by atoms with Gasteiger partial charge in [-0.05, 0) is 30.3 Å². The van der Waals surface area contributed by atoms with Gasteiger partial charge in [-0.3, -0.25) is 4.79 Å². The van der Waals surface area contributed by atoms with Crippen LogP contribution in [0.4, 0.5) is 0 Å². The molecule has 2 rings (SSSR count). The van der Waals surface area contributed by atoms with Crippen molar-refractivity contribution in [2.24, 2.45) is 5.92 Å². The Kier molecular flexibility index (Phi) is 2.15. The Morgan fingerprint density at radius 3 is 3.00 bits per heavy atom. The lowest BCUT2D eigenvalue weighted by molar-refractivity contribution is 0.0980. The first-order valence-corrected chi connectivity index (χ1v) is 5.06. The van der Waals surface area contributed by atoms with Gasteiger partial charge >= 0.3 is 0 Å². The number of hydrogen-bond acceptors (Lipinski definition) is 3. The molecule has 64 valence electrons. The Labute approximate surface area is 79.7 Å². The van der Waals surface area contributed by atoms with Crippen molar-refractivity contribution >= 4 is 28.9 Å². The molecule has 0 radical (unpaired) electrons. The standard InChI is InChI=1S/C8H8ClNOS/c9-6-4-10-12-8(6)7(11)3-5-1-2-5/h4-5H,1-3H2. The topological polar surface area (TPSA) is 30.0 Å².